The molecule has 0 saturated heterocycles. The standard InChI is InChI=1S/C12H16N4O2/c1-3-18-11-6-9(12(14)16(2)7-13)4-5-10(11)15-8-17/h4-8,13-14H,3H2,1-2H3,(H,15,17). The van der Waals surface area contributed by atoms with Crippen molar-refractivity contribution in [2.75, 3.05) is 19.0 Å². The van der Waals surface area contributed by atoms with Crippen LogP contribution in [-0.4, -0.2) is 37.1 Å². The third-order valence-corrected chi connectivity index (χ3v) is 2.32. The van der Waals surface area contributed by atoms with E-state index in [9.17, 15) is 4.79 Å². The monoisotopic (exact) mass is 248 g/mol. The second-order valence-corrected chi connectivity index (χ2v) is 3.49. The number of amides is 1. The molecule has 0 bridgehead atoms. The van der Waals surface area contributed by atoms with E-state index in [0.29, 0.717) is 30.0 Å². The first-order chi connectivity index (χ1) is 8.63. The summed E-state index contributed by atoms with van der Waals surface area (Å²) in [6.07, 6.45) is 1.63. The van der Waals surface area contributed by atoms with Gasteiger partial charge in [-0.3, -0.25) is 15.6 Å². The Labute approximate surface area is 106 Å². The van der Waals surface area contributed by atoms with Crippen molar-refractivity contribution in [2.24, 2.45) is 0 Å². The largest absolute Gasteiger partial charge is 0.492 e. The van der Waals surface area contributed by atoms with Gasteiger partial charge in [-0.1, -0.05) is 0 Å². The van der Waals surface area contributed by atoms with Gasteiger partial charge in [0.1, 0.15) is 11.6 Å². The van der Waals surface area contributed by atoms with Crippen molar-refractivity contribution in [1.82, 2.24) is 4.90 Å². The van der Waals surface area contributed by atoms with Gasteiger partial charge in [0.25, 0.3) is 0 Å². The Morgan fingerprint density at radius 3 is 2.83 bits per heavy atom. The topological polar surface area (TPSA) is 89.3 Å². The Bertz CT molecular complexity index is 459. The third kappa shape index (κ3) is 3.07. The molecule has 3 N–H and O–H groups in total. The minimum Gasteiger partial charge on any atom is -0.492 e. The maximum absolute atomic E-state index is 10.5. The van der Waals surface area contributed by atoms with Gasteiger partial charge in [0.15, 0.2) is 0 Å². The highest BCUT2D eigenvalue weighted by molar-refractivity contribution is 6.02. The van der Waals surface area contributed by atoms with Crippen LogP contribution in [0.25, 0.3) is 0 Å². The first-order valence-corrected chi connectivity index (χ1v) is 5.43. The Hall–Kier alpha value is -2.37. The van der Waals surface area contributed by atoms with Crippen LogP contribution in [0.4, 0.5) is 5.69 Å². The molecule has 0 heterocycles. The van der Waals surface area contributed by atoms with Crippen LogP contribution in [0.1, 0.15) is 12.5 Å². The zero-order chi connectivity index (χ0) is 13.5. The minimum atomic E-state index is 0.184. The normalized spacial score (nSPS) is 9.44. The van der Waals surface area contributed by atoms with Gasteiger partial charge in [0.05, 0.1) is 18.6 Å². The minimum absolute atomic E-state index is 0.184. The highest BCUT2D eigenvalue weighted by atomic mass is 16.5. The average molecular weight is 248 g/mol. The molecule has 18 heavy (non-hydrogen) atoms. The SMILES string of the molecule is CCOc1cc(C(=N)N(C)C=N)ccc1NC=O. The van der Waals surface area contributed by atoms with Crippen LogP contribution >= 0.6 is 0 Å². The number of benzene rings is 1. The van der Waals surface area contributed by atoms with E-state index < -0.39 is 0 Å². The summed E-state index contributed by atoms with van der Waals surface area (Å²) in [7, 11) is 1.62. The number of hydrogen-bond acceptors (Lipinski definition) is 4. The Morgan fingerprint density at radius 2 is 2.28 bits per heavy atom. The molecule has 0 saturated carbocycles. The van der Waals surface area contributed by atoms with Crippen LogP contribution in [0.3, 0.4) is 0 Å². The van der Waals surface area contributed by atoms with Gasteiger partial charge < -0.3 is 15.0 Å². The van der Waals surface area contributed by atoms with Gasteiger partial charge in [0.2, 0.25) is 6.41 Å². The fraction of sp³-hybridized carbons (Fsp3) is 0.250. The molecule has 0 aliphatic carbocycles. The molecule has 0 fully saturated rings. The molecule has 6 nitrogen and oxygen atoms in total. The lowest BCUT2D eigenvalue weighted by molar-refractivity contribution is -0.105. The van der Waals surface area contributed by atoms with Gasteiger partial charge >= 0.3 is 0 Å². The Morgan fingerprint density at radius 1 is 1.56 bits per heavy atom. The molecular formula is C12H16N4O2. The van der Waals surface area contributed by atoms with Gasteiger partial charge in [0, 0.05) is 12.6 Å². The molecule has 0 spiro atoms. The highest BCUT2D eigenvalue weighted by Crippen LogP contribution is 2.25. The van der Waals surface area contributed by atoms with Gasteiger partial charge in [-0.2, -0.15) is 0 Å². The number of carbonyl (C=O) groups excluding carboxylic acids is 1. The van der Waals surface area contributed by atoms with Crippen molar-refractivity contribution in [3.05, 3.63) is 23.8 Å². The van der Waals surface area contributed by atoms with Crippen LogP contribution in [0.2, 0.25) is 0 Å². The number of hydrogen-bond donors (Lipinski definition) is 3. The zero-order valence-electron chi connectivity index (χ0n) is 10.4. The molecular weight excluding hydrogens is 232 g/mol. The van der Waals surface area contributed by atoms with Crippen molar-refractivity contribution in [1.29, 1.82) is 10.8 Å². The predicted octanol–water partition coefficient (Wildman–Crippen LogP) is 1.52. The molecule has 6 heteroatoms. The molecule has 0 unspecified atom stereocenters. The molecule has 1 aromatic carbocycles. The van der Waals surface area contributed by atoms with Crippen molar-refractivity contribution in [3.8, 4) is 5.75 Å². The highest BCUT2D eigenvalue weighted by Gasteiger charge is 2.10. The lowest BCUT2D eigenvalue weighted by atomic mass is 10.1. The molecule has 1 amide bonds. The van der Waals surface area contributed by atoms with E-state index in [0.717, 1.165) is 6.34 Å². The summed E-state index contributed by atoms with van der Waals surface area (Å²) in [5.74, 6) is 0.689. The molecule has 0 radical (unpaired) electrons. The maximum atomic E-state index is 10.5. The number of nitrogens with one attached hydrogen (secondary N) is 3. The van der Waals surface area contributed by atoms with E-state index in [-0.39, 0.29) is 5.84 Å². The van der Waals surface area contributed by atoms with Gasteiger partial charge in [-0.15, -0.1) is 0 Å². The van der Waals surface area contributed by atoms with E-state index in [4.69, 9.17) is 15.6 Å². The van der Waals surface area contributed by atoms with E-state index in [1.54, 1.807) is 25.2 Å². The smallest absolute Gasteiger partial charge is 0.211 e. The van der Waals surface area contributed by atoms with Crippen molar-refractivity contribution in [3.63, 3.8) is 0 Å². The molecule has 0 atom stereocenters. The molecule has 96 valence electrons. The van der Waals surface area contributed by atoms with Crippen LogP contribution < -0.4 is 10.1 Å². The van der Waals surface area contributed by atoms with Crippen LogP contribution in [0.15, 0.2) is 18.2 Å². The summed E-state index contributed by atoms with van der Waals surface area (Å²) in [6, 6.07) is 5.02. The van der Waals surface area contributed by atoms with Crippen molar-refractivity contribution < 1.29 is 9.53 Å². The fourth-order valence-corrected chi connectivity index (χ4v) is 1.40. The average Bonchev–Trinajstić information content (AvgIpc) is 2.39. The van der Waals surface area contributed by atoms with Crippen molar-refractivity contribution >= 4 is 24.3 Å². The van der Waals surface area contributed by atoms with E-state index in [1.165, 1.54) is 4.90 Å². The first-order valence-electron chi connectivity index (χ1n) is 5.43. The summed E-state index contributed by atoms with van der Waals surface area (Å²) < 4.78 is 5.40. The number of anilines is 1. The summed E-state index contributed by atoms with van der Waals surface area (Å²) in [5.41, 5.74) is 1.17. The summed E-state index contributed by atoms with van der Waals surface area (Å²) in [4.78, 5) is 11.8. The lowest BCUT2D eigenvalue weighted by Crippen LogP contribution is -2.24. The summed E-state index contributed by atoms with van der Waals surface area (Å²) in [6.45, 7) is 2.30. The van der Waals surface area contributed by atoms with Crippen LogP contribution in [0.5, 0.6) is 5.75 Å². The quantitative estimate of drug-likeness (QED) is 0.405. The molecule has 0 aliphatic rings. The third-order valence-electron chi connectivity index (χ3n) is 2.32. The van der Waals surface area contributed by atoms with E-state index >= 15 is 0 Å². The summed E-state index contributed by atoms with van der Waals surface area (Å²) >= 11 is 0. The van der Waals surface area contributed by atoms with Gasteiger partial charge in [-0.25, -0.2) is 0 Å². The number of carbonyl (C=O) groups is 1. The van der Waals surface area contributed by atoms with Crippen LogP contribution in [0, 0.1) is 10.8 Å². The van der Waals surface area contributed by atoms with Crippen LogP contribution in [-0.2, 0) is 4.79 Å². The summed E-state index contributed by atoms with van der Waals surface area (Å²) in [5, 5.41) is 17.5. The molecule has 1 aromatic rings. The molecule has 0 aliphatic heterocycles. The van der Waals surface area contributed by atoms with E-state index in [2.05, 4.69) is 5.32 Å². The maximum Gasteiger partial charge on any atom is 0.211 e. The Kier molecular flexibility index (Phi) is 4.86. The second kappa shape index (κ2) is 6.39. The Balaban J connectivity index is 3.09. The number of nitrogens with zero attached hydrogens (tertiary/aromatic N) is 1. The van der Waals surface area contributed by atoms with E-state index in [1.807, 2.05) is 6.92 Å². The van der Waals surface area contributed by atoms with Gasteiger partial charge in [-0.05, 0) is 25.1 Å². The van der Waals surface area contributed by atoms with Crippen molar-refractivity contribution in [2.45, 2.75) is 6.92 Å². The number of rotatable bonds is 6. The number of ether oxygens (including phenoxy) is 1. The predicted molar refractivity (Wildman–Crippen MR) is 70.7 cm³/mol. The fourth-order valence-electron chi connectivity index (χ4n) is 1.40. The lowest BCUT2D eigenvalue weighted by Gasteiger charge is -2.16. The first kappa shape index (κ1) is 13.7. The molecule has 0 aromatic heterocycles. The zero-order valence-corrected chi connectivity index (χ0v) is 10.4. The number of amidine groups is 1. The molecule has 1 rings (SSSR count). The second-order valence-electron chi connectivity index (χ2n) is 3.49.